The molecule has 0 N–H and O–H groups in total. The van der Waals surface area contributed by atoms with Crippen LogP contribution in [0.15, 0.2) is 29.2 Å². The van der Waals surface area contributed by atoms with Gasteiger partial charge in [0.1, 0.15) is 5.69 Å². The Morgan fingerprint density at radius 3 is 2.23 bits per heavy atom. The van der Waals surface area contributed by atoms with Crippen LogP contribution < -0.4 is 0 Å². The molecule has 30 heavy (non-hydrogen) atoms. The predicted molar refractivity (Wildman–Crippen MR) is 113 cm³/mol. The van der Waals surface area contributed by atoms with E-state index in [2.05, 4.69) is 0 Å². The predicted octanol–water partition coefficient (Wildman–Crippen LogP) is 3.26. The first-order valence-corrected chi connectivity index (χ1v) is 11.5. The lowest BCUT2D eigenvalue weighted by Gasteiger charge is -2.21. The van der Waals surface area contributed by atoms with E-state index in [0.717, 1.165) is 18.4 Å². The Hall–Kier alpha value is -2.45. The smallest absolute Gasteiger partial charge is 0.354 e. The van der Waals surface area contributed by atoms with Crippen molar-refractivity contribution in [2.24, 2.45) is 0 Å². The molecule has 0 radical (unpaired) electrons. The molecule has 0 bridgehead atoms. The highest BCUT2D eigenvalue weighted by molar-refractivity contribution is 7.89. The Kier molecular flexibility index (Phi) is 6.19. The van der Waals surface area contributed by atoms with Gasteiger partial charge in [0.15, 0.2) is 5.78 Å². The van der Waals surface area contributed by atoms with Crippen LogP contribution in [-0.4, -0.2) is 48.7 Å². The molecule has 1 saturated carbocycles. The molecule has 1 fully saturated rings. The third kappa shape index (κ3) is 3.94. The lowest BCUT2D eigenvalue weighted by atomic mass is 10.1. The fraction of sp³-hybridized carbons (Fsp3) is 0.455. The Labute approximate surface area is 177 Å². The van der Waals surface area contributed by atoms with Crippen molar-refractivity contribution in [2.45, 2.75) is 58.0 Å². The molecule has 1 heterocycles. The van der Waals surface area contributed by atoms with Crippen molar-refractivity contribution in [1.29, 1.82) is 0 Å². The molecule has 0 saturated heterocycles. The van der Waals surface area contributed by atoms with Crippen molar-refractivity contribution in [2.75, 3.05) is 13.7 Å². The maximum absolute atomic E-state index is 13.3. The normalized spacial score (nSPS) is 14.2. The van der Waals surface area contributed by atoms with E-state index in [0.29, 0.717) is 29.1 Å². The summed E-state index contributed by atoms with van der Waals surface area (Å²) in [7, 11) is -2.50. The van der Waals surface area contributed by atoms with Gasteiger partial charge in [0.25, 0.3) is 0 Å². The number of aryl methyl sites for hydroxylation is 1. The topological polar surface area (TPSA) is 85.7 Å². The third-order valence-electron chi connectivity index (χ3n) is 5.62. The highest BCUT2D eigenvalue weighted by Crippen LogP contribution is 2.33. The monoisotopic (exact) mass is 432 g/mol. The van der Waals surface area contributed by atoms with Gasteiger partial charge in [-0.2, -0.15) is 4.31 Å². The number of nitrogens with zero attached hydrogens (tertiary/aromatic N) is 2. The van der Waals surface area contributed by atoms with E-state index in [1.165, 1.54) is 11.4 Å². The molecular weight excluding hydrogens is 404 g/mol. The summed E-state index contributed by atoms with van der Waals surface area (Å²) in [4.78, 5) is 25.7. The minimum atomic E-state index is -3.80. The quantitative estimate of drug-likeness (QED) is 0.472. The van der Waals surface area contributed by atoms with Crippen molar-refractivity contribution in [3.05, 3.63) is 52.3 Å². The van der Waals surface area contributed by atoms with Crippen molar-refractivity contribution in [3.63, 3.8) is 0 Å². The first kappa shape index (κ1) is 22.2. The number of rotatable bonds is 8. The van der Waals surface area contributed by atoms with Crippen LogP contribution in [0.3, 0.4) is 0 Å². The second-order valence-electron chi connectivity index (χ2n) is 7.69. The van der Waals surface area contributed by atoms with E-state index in [4.69, 9.17) is 4.74 Å². The van der Waals surface area contributed by atoms with Gasteiger partial charge in [0, 0.05) is 23.8 Å². The average Bonchev–Trinajstić information content (AvgIpc) is 3.50. The van der Waals surface area contributed by atoms with Crippen molar-refractivity contribution >= 4 is 21.8 Å². The van der Waals surface area contributed by atoms with Gasteiger partial charge in [-0.3, -0.25) is 4.79 Å². The standard InChI is InChI=1S/C22H28N2O5S/c1-6-23-16(4)20(15(3)21(23)22(26)29-5)19(25)13-24(17-9-10-17)30(27,28)18-11-7-14(2)8-12-18/h7-8,11-12,17H,6,9-10,13H2,1-5H3. The molecule has 1 aliphatic carbocycles. The molecule has 0 aliphatic heterocycles. The van der Waals surface area contributed by atoms with E-state index in [-0.39, 0.29) is 23.3 Å². The van der Waals surface area contributed by atoms with Crippen LogP contribution in [0.5, 0.6) is 0 Å². The molecule has 0 atom stereocenters. The third-order valence-corrected chi connectivity index (χ3v) is 7.53. The Morgan fingerprint density at radius 2 is 1.73 bits per heavy atom. The molecule has 0 unspecified atom stereocenters. The summed E-state index contributed by atoms with van der Waals surface area (Å²) >= 11 is 0. The number of carbonyl (C=O) groups excluding carboxylic acids is 2. The molecule has 0 amide bonds. The molecule has 0 spiro atoms. The lowest BCUT2D eigenvalue weighted by molar-refractivity contribution is 0.0587. The van der Waals surface area contributed by atoms with Crippen LogP contribution in [0.1, 0.15) is 57.4 Å². The molecule has 3 rings (SSSR count). The lowest BCUT2D eigenvalue weighted by Crippen LogP contribution is -2.37. The minimum Gasteiger partial charge on any atom is -0.464 e. The highest BCUT2D eigenvalue weighted by Gasteiger charge is 2.40. The number of carbonyl (C=O) groups is 2. The summed E-state index contributed by atoms with van der Waals surface area (Å²) in [6.45, 7) is 7.49. The fourth-order valence-corrected chi connectivity index (χ4v) is 5.54. The van der Waals surface area contributed by atoms with Gasteiger partial charge in [-0.1, -0.05) is 17.7 Å². The number of methoxy groups -OCH3 is 1. The SMILES string of the molecule is CCn1c(C)c(C(=O)CN(C2CC2)S(=O)(=O)c2ccc(C)cc2)c(C)c1C(=O)OC. The zero-order chi connectivity index (χ0) is 22.2. The van der Waals surface area contributed by atoms with E-state index in [1.807, 2.05) is 13.8 Å². The van der Waals surface area contributed by atoms with Crippen molar-refractivity contribution < 1.29 is 22.7 Å². The molecule has 1 aromatic carbocycles. The Bertz CT molecular complexity index is 1080. The van der Waals surface area contributed by atoms with Crippen molar-refractivity contribution in [1.82, 2.24) is 8.87 Å². The first-order valence-electron chi connectivity index (χ1n) is 10.0. The second-order valence-corrected chi connectivity index (χ2v) is 9.58. The van der Waals surface area contributed by atoms with Gasteiger partial charge < -0.3 is 9.30 Å². The van der Waals surface area contributed by atoms with Gasteiger partial charge >= 0.3 is 5.97 Å². The molecule has 7 nitrogen and oxygen atoms in total. The van der Waals surface area contributed by atoms with E-state index in [9.17, 15) is 18.0 Å². The number of ether oxygens (including phenoxy) is 1. The summed E-state index contributed by atoms with van der Waals surface area (Å²) in [5.74, 6) is -0.826. The first-order chi connectivity index (χ1) is 14.1. The fourth-order valence-electron chi connectivity index (χ4n) is 3.90. The second kappa shape index (κ2) is 8.35. The van der Waals surface area contributed by atoms with Crippen LogP contribution in [0.4, 0.5) is 0 Å². The van der Waals surface area contributed by atoms with Crippen LogP contribution in [0.2, 0.25) is 0 Å². The van der Waals surface area contributed by atoms with Crippen molar-refractivity contribution in [3.8, 4) is 0 Å². The highest BCUT2D eigenvalue weighted by atomic mass is 32.2. The molecular formula is C22H28N2O5S. The molecule has 1 aromatic heterocycles. The number of hydrogen-bond acceptors (Lipinski definition) is 5. The zero-order valence-electron chi connectivity index (χ0n) is 18.1. The van der Waals surface area contributed by atoms with Gasteiger partial charge in [0.05, 0.1) is 18.6 Å². The summed E-state index contributed by atoms with van der Waals surface area (Å²) in [6, 6.07) is 6.47. The molecule has 1 aliphatic rings. The number of sulfonamides is 1. The van der Waals surface area contributed by atoms with E-state index < -0.39 is 16.0 Å². The maximum Gasteiger partial charge on any atom is 0.354 e. The Morgan fingerprint density at radius 1 is 1.13 bits per heavy atom. The molecule has 2 aromatic rings. The maximum atomic E-state index is 13.3. The van der Waals surface area contributed by atoms with Crippen LogP contribution in [-0.2, 0) is 21.3 Å². The Balaban J connectivity index is 1.98. The number of hydrogen-bond donors (Lipinski definition) is 0. The van der Waals surface area contributed by atoms with E-state index in [1.54, 1.807) is 42.7 Å². The average molecular weight is 433 g/mol. The summed E-state index contributed by atoms with van der Waals surface area (Å²) < 4.78 is 34.4. The zero-order valence-corrected chi connectivity index (χ0v) is 18.9. The summed E-state index contributed by atoms with van der Waals surface area (Å²) in [5.41, 5.74) is 2.85. The van der Waals surface area contributed by atoms with Gasteiger partial charge in [-0.05, 0) is 58.2 Å². The van der Waals surface area contributed by atoms with Gasteiger partial charge in [0.2, 0.25) is 10.0 Å². The number of ketones is 1. The number of esters is 1. The number of benzene rings is 1. The summed E-state index contributed by atoms with van der Waals surface area (Å²) in [6.07, 6.45) is 1.47. The van der Waals surface area contributed by atoms with Gasteiger partial charge in [-0.25, -0.2) is 13.2 Å². The number of aromatic nitrogens is 1. The minimum absolute atomic E-state index is 0.172. The molecule has 8 heteroatoms. The van der Waals surface area contributed by atoms with E-state index >= 15 is 0 Å². The van der Waals surface area contributed by atoms with Gasteiger partial charge in [-0.15, -0.1) is 0 Å². The van der Waals surface area contributed by atoms with Crippen LogP contribution >= 0.6 is 0 Å². The largest absolute Gasteiger partial charge is 0.464 e. The van der Waals surface area contributed by atoms with Crippen LogP contribution in [0.25, 0.3) is 0 Å². The number of Topliss-reactive ketones (excluding diaryl/α,β-unsaturated/α-hetero) is 1. The summed E-state index contributed by atoms with van der Waals surface area (Å²) in [5, 5.41) is 0. The van der Waals surface area contributed by atoms with Crippen LogP contribution in [0, 0.1) is 20.8 Å². The molecule has 162 valence electrons.